The number of sulfonamides is 1. The van der Waals surface area contributed by atoms with E-state index in [9.17, 15) is 13.2 Å². The first-order chi connectivity index (χ1) is 9.29. The van der Waals surface area contributed by atoms with E-state index in [4.69, 9.17) is 5.11 Å². The highest BCUT2D eigenvalue weighted by Crippen LogP contribution is 2.18. The molecule has 0 unspecified atom stereocenters. The van der Waals surface area contributed by atoms with Crippen LogP contribution in [0.4, 0.5) is 5.69 Å². The Labute approximate surface area is 115 Å². The number of H-pyrrole nitrogens is 1. The molecule has 1 heterocycles. The lowest BCUT2D eigenvalue weighted by molar-refractivity contribution is 0.0696. The van der Waals surface area contributed by atoms with Gasteiger partial charge in [-0.1, -0.05) is 0 Å². The lowest BCUT2D eigenvalue weighted by atomic mass is 10.1. The minimum Gasteiger partial charge on any atom is -0.478 e. The zero-order valence-electron chi connectivity index (χ0n) is 10.8. The second-order valence-corrected chi connectivity index (χ2v) is 5.92. The Morgan fingerprint density at radius 1 is 1.35 bits per heavy atom. The Morgan fingerprint density at radius 2 is 2.05 bits per heavy atom. The van der Waals surface area contributed by atoms with E-state index in [2.05, 4.69) is 14.7 Å². The number of carbonyl (C=O) groups is 1. The molecule has 1 aromatic carbocycles. The third-order valence-electron chi connectivity index (χ3n) is 2.68. The van der Waals surface area contributed by atoms with Crippen LogP contribution in [0.15, 0.2) is 29.4 Å². The van der Waals surface area contributed by atoms with Crippen molar-refractivity contribution in [3.8, 4) is 0 Å². The molecule has 106 valence electrons. The minimum absolute atomic E-state index is 0.0463. The van der Waals surface area contributed by atoms with E-state index in [0.717, 1.165) is 0 Å². The molecule has 0 saturated heterocycles. The number of rotatable bonds is 4. The number of benzene rings is 1. The van der Waals surface area contributed by atoms with Crippen molar-refractivity contribution in [3.63, 3.8) is 0 Å². The Kier molecular flexibility index (Phi) is 3.49. The molecule has 1 aromatic heterocycles. The fourth-order valence-corrected chi connectivity index (χ4v) is 2.73. The number of anilines is 1. The molecule has 0 fully saturated rings. The van der Waals surface area contributed by atoms with Crippen LogP contribution < -0.4 is 4.72 Å². The number of aromatic carboxylic acids is 1. The van der Waals surface area contributed by atoms with Gasteiger partial charge in [-0.3, -0.25) is 4.72 Å². The predicted molar refractivity (Wildman–Crippen MR) is 72.3 cm³/mol. The van der Waals surface area contributed by atoms with Crippen LogP contribution >= 0.6 is 0 Å². The first-order valence-electron chi connectivity index (χ1n) is 5.68. The molecule has 0 radical (unpaired) electrons. The standard InChI is InChI=1S/C12H13N3O4S/c1-7-5-9(3-4-10(7)12(16)17)15-20(18,19)11-6-13-8(2)14-11/h3-6,15H,1-2H3,(H,13,14)(H,16,17). The topological polar surface area (TPSA) is 112 Å². The normalized spacial score (nSPS) is 11.3. The number of nitrogens with zero attached hydrogens (tertiary/aromatic N) is 1. The van der Waals surface area contributed by atoms with Gasteiger partial charge in [0.1, 0.15) is 5.82 Å². The number of imidazole rings is 1. The Bertz CT molecular complexity index is 765. The van der Waals surface area contributed by atoms with E-state index < -0.39 is 16.0 Å². The average Bonchev–Trinajstić information content (AvgIpc) is 2.75. The quantitative estimate of drug-likeness (QED) is 0.791. The summed E-state index contributed by atoms with van der Waals surface area (Å²) in [5.74, 6) is -0.566. The summed E-state index contributed by atoms with van der Waals surface area (Å²) in [6.45, 7) is 3.24. The largest absolute Gasteiger partial charge is 0.478 e. The summed E-state index contributed by atoms with van der Waals surface area (Å²) in [5, 5.41) is 8.87. The molecule has 20 heavy (non-hydrogen) atoms. The van der Waals surface area contributed by atoms with Crippen LogP contribution in [-0.4, -0.2) is 29.5 Å². The van der Waals surface area contributed by atoms with Crippen molar-refractivity contribution < 1.29 is 18.3 Å². The molecule has 0 atom stereocenters. The van der Waals surface area contributed by atoms with Gasteiger partial charge in [-0.05, 0) is 37.6 Å². The minimum atomic E-state index is -3.76. The summed E-state index contributed by atoms with van der Waals surface area (Å²) < 4.78 is 26.5. The lowest BCUT2D eigenvalue weighted by Crippen LogP contribution is -2.14. The number of hydrogen-bond acceptors (Lipinski definition) is 4. The Hall–Kier alpha value is -2.35. The van der Waals surface area contributed by atoms with Crippen LogP contribution in [0.3, 0.4) is 0 Å². The van der Waals surface area contributed by atoms with E-state index in [-0.39, 0.29) is 10.6 Å². The van der Waals surface area contributed by atoms with E-state index >= 15 is 0 Å². The fraction of sp³-hybridized carbons (Fsp3) is 0.167. The van der Waals surface area contributed by atoms with Gasteiger partial charge in [0.2, 0.25) is 0 Å². The van der Waals surface area contributed by atoms with Crippen molar-refractivity contribution in [1.82, 2.24) is 9.97 Å². The molecule has 0 aliphatic carbocycles. The van der Waals surface area contributed by atoms with Crippen LogP contribution in [0.5, 0.6) is 0 Å². The van der Waals surface area contributed by atoms with Crippen molar-refractivity contribution in [2.24, 2.45) is 0 Å². The van der Waals surface area contributed by atoms with Gasteiger partial charge in [0.25, 0.3) is 10.0 Å². The molecule has 2 rings (SSSR count). The summed E-state index contributed by atoms with van der Waals surface area (Å²) >= 11 is 0. The maximum Gasteiger partial charge on any atom is 0.335 e. The monoisotopic (exact) mass is 295 g/mol. The number of nitrogens with one attached hydrogen (secondary N) is 2. The highest BCUT2D eigenvalue weighted by molar-refractivity contribution is 7.92. The SMILES string of the molecule is Cc1ncc(S(=O)(=O)Nc2ccc(C(=O)O)c(C)c2)[nH]1. The summed E-state index contributed by atoms with van der Waals surface area (Å²) in [7, 11) is -3.76. The van der Waals surface area contributed by atoms with E-state index in [1.807, 2.05) is 0 Å². The molecule has 0 aliphatic heterocycles. The van der Waals surface area contributed by atoms with Gasteiger partial charge < -0.3 is 10.1 Å². The summed E-state index contributed by atoms with van der Waals surface area (Å²) in [4.78, 5) is 17.3. The van der Waals surface area contributed by atoms with Gasteiger partial charge in [0.15, 0.2) is 5.03 Å². The molecular formula is C12H13N3O4S. The first kappa shape index (κ1) is 14.1. The van der Waals surface area contributed by atoms with Gasteiger partial charge in [-0.2, -0.15) is 8.42 Å². The van der Waals surface area contributed by atoms with Crippen LogP contribution in [0.25, 0.3) is 0 Å². The molecule has 0 spiro atoms. The number of aryl methyl sites for hydroxylation is 2. The van der Waals surface area contributed by atoms with Gasteiger partial charge in [0.05, 0.1) is 11.8 Å². The van der Waals surface area contributed by atoms with Crippen molar-refractivity contribution in [1.29, 1.82) is 0 Å². The second kappa shape index (κ2) is 4.97. The third-order valence-corrected chi connectivity index (χ3v) is 3.97. The van der Waals surface area contributed by atoms with Gasteiger partial charge in [0, 0.05) is 5.69 Å². The summed E-state index contributed by atoms with van der Waals surface area (Å²) in [6, 6.07) is 4.22. The van der Waals surface area contributed by atoms with E-state index in [1.54, 1.807) is 13.8 Å². The van der Waals surface area contributed by atoms with Crippen LogP contribution in [0, 0.1) is 13.8 Å². The molecule has 2 aromatic rings. The van der Waals surface area contributed by atoms with E-state index in [0.29, 0.717) is 17.1 Å². The molecule has 8 heteroatoms. The van der Waals surface area contributed by atoms with Crippen molar-refractivity contribution in [3.05, 3.63) is 41.3 Å². The van der Waals surface area contributed by atoms with Crippen molar-refractivity contribution in [2.45, 2.75) is 18.9 Å². The zero-order chi connectivity index (χ0) is 14.9. The Balaban J connectivity index is 2.30. The van der Waals surface area contributed by atoms with Gasteiger partial charge in [-0.25, -0.2) is 9.78 Å². The maximum atomic E-state index is 12.0. The third kappa shape index (κ3) is 2.80. The molecule has 0 bridgehead atoms. The second-order valence-electron chi connectivity index (χ2n) is 4.27. The Morgan fingerprint density at radius 3 is 2.55 bits per heavy atom. The average molecular weight is 295 g/mol. The number of hydrogen-bond donors (Lipinski definition) is 3. The molecule has 0 saturated carbocycles. The van der Waals surface area contributed by atoms with Crippen LogP contribution in [0.2, 0.25) is 0 Å². The molecule has 3 N–H and O–H groups in total. The molecular weight excluding hydrogens is 282 g/mol. The molecule has 7 nitrogen and oxygen atoms in total. The van der Waals surface area contributed by atoms with Crippen molar-refractivity contribution in [2.75, 3.05) is 4.72 Å². The number of aromatic amines is 1. The smallest absolute Gasteiger partial charge is 0.335 e. The molecule has 0 aliphatic rings. The highest BCUT2D eigenvalue weighted by Gasteiger charge is 2.17. The predicted octanol–water partition coefficient (Wildman–Crippen LogP) is 1.53. The fourth-order valence-electron chi connectivity index (χ4n) is 1.71. The lowest BCUT2D eigenvalue weighted by Gasteiger charge is -2.08. The summed E-state index contributed by atoms with van der Waals surface area (Å²) in [5.41, 5.74) is 0.892. The summed E-state index contributed by atoms with van der Waals surface area (Å²) in [6.07, 6.45) is 1.22. The van der Waals surface area contributed by atoms with E-state index in [1.165, 1.54) is 24.4 Å². The zero-order valence-corrected chi connectivity index (χ0v) is 11.7. The van der Waals surface area contributed by atoms with Gasteiger partial charge in [-0.15, -0.1) is 0 Å². The van der Waals surface area contributed by atoms with Crippen LogP contribution in [0.1, 0.15) is 21.7 Å². The number of carboxylic acids is 1. The van der Waals surface area contributed by atoms with Crippen LogP contribution in [-0.2, 0) is 10.0 Å². The number of aromatic nitrogens is 2. The maximum absolute atomic E-state index is 12.0. The molecule has 0 amide bonds. The highest BCUT2D eigenvalue weighted by atomic mass is 32.2. The number of carboxylic acid groups (broad SMARTS) is 1. The van der Waals surface area contributed by atoms with Crippen molar-refractivity contribution >= 4 is 21.7 Å². The first-order valence-corrected chi connectivity index (χ1v) is 7.16. The van der Waals surface area contributed by atoms with Gasteiger partial charge >= 0.3 is 5.97 Å².